The monoisotopic (exact) mass is 426 g/mol. The van der Waals surface area contributed by atoms with Crippen molar-refractivity contribution in [3.05, 3.63) is 71.3 Å². The Morgan fingerprint density at radius 3 is 1.89 bits per heavy atom. The lowest BCUT2D eigenvalue weighted by Gasteiger charge is -2.38. The van der Waals surface area contributed by atoms with Crippen LogP contribution in [0.4, 0.5) is 0 Å². The van der Waals surface area contributed by atoms with Gasteiger partial charge < -0.3 is 0 Å². The summed E-state index contributed by atoms with van der Waals surface area (Å²) in [5.41, 5.74) is 6.85. The van der Waals surface area contributed by atoms with Crippen molar-refractivity contribution < 1.29 is 0 Å². The highest BCUT2D eigenvalue weighted by Gasteiger charge is 2.41. The molecule has 0 aliphatic heterocycles. The molecule has 0 N–H and O–H groups in total. The van der Waals surface area contributed by atoms with Gasteiger partial charge >= 0.3 is 0 Å². The molecule has 2 aromatic rings. The van der Waals surface area contributed by atoms with Gasteiger partial charge in [-0.2, -0.15) is 0 Å². The van der Waals surface area contributed by atoms with E-state index in [0.29, 0.717) is 16.6 Å². The Morgan fingerprint density at radius 2 is 1.39 bits per heavy atom. The Labute approximate surface area is 181 Å². The number of rotatable bonds is 6. The van der Waals surface area contributed by atoms with Crippen molar-refractivity contribution in [2.75, 3.05) is 0 Å². The molecule has 3 heteroatoms. The van der Waals surface area contributed by atoms with Crippen LogP contribution in [0.5, 0.6) is 0 Å². The molecule has 0 saturated carbocycles. The largest absolute Gasteiger partial charge is 0.146 e. The first-order valence-corrected chi connectivity index (χ1v) is 13.4. The topological polar surface area (TPSA) is 0 Å². The van der Waals surface area contributed by atoms with Crippen molar-refractivity contribution in [2.45, 2.75) is 63.1 Å². The quantitative estimate of drug-likeness (QED) is 0.253. The van der Waals surface area contributed by atoms with Crippen LogP contribution in [0.2, 0.25) is 21.6 Å². The molecule has 0 unspecified atom stereocenters. The molecule has 2 rings (SSSR count). The van der Waals surface area contributed by atoms with Crippen LogP contribution < -0.4 is 0 Å². The van der Waals surface area contributed by atoms with Gasteiger partial charge in [-0.1, -0.05) is 101 Å². The minimum Gasteiger partial charge on any atom is -0.126 e. The first-order chi connectivity index (χ1) is 13.3. The SMILES string of the molecule is CC(C)[Si](C#C/C=C(\Sc1ccccc1)c1ccc(Cl)cc1)(C(C)C)C(C)C. The molecule has 0 heterocycles. The Balaban J connectivity index is 2.47. The molecular weight excluding hydrogens is 396 g/mol. The standard InChI is InChI=1S/C25H31ClSSi/c1-19(2)28(20(3)4,21(5)6)18-10-13-25(22-14-16-23(26)17-15-22)27-24-11-8-7-9-12-24/h7-9,11-17,19-21H,1-6H3/b25-13-. The zero-order chi connectivity index (χ0) is 20.7. The highest BCUT2D eigenvalue weighted by atomic mass is 35.5. The number of allylic oxidation sites excluding steroid dienone is 1. The van der Waals surface area contributed by atoms with Gasteiger partial charge in [-0.05, 0) is 46.5 Å². The third-order valence-electron chi connectivity index (χ3n) is 5.46. The number of hydrogen-bond donors (Lipinski definition) is 0. The van der Waals surface area contributed by atoms with Crippen molar-refractivity contribution in [1.29, 1.82) is 0 Å². The van der Waals surface area contributed by atoms with Crippen LogP contribution in [-0.2, 0) is 0 Å². The highest BCUT2D eigenvalue weighted by Crippen LogP contribution is 2.41. The van der Waals surface area contributed by atoms with Crippen molar-refractivity contribution in [2.24, 2.45) is 0 Å². The summed E-state index contributed by atoms with van der Waals surface area (Å²) >= 11 is 7.85. The van der Waals surface area contributed by atoms with Gasteiger partial charge in [-0.3, -0.25) is 0 Å². The Hall–Kier alpha value is -1.40. The summed E-state index contributed by atoms with van der Waals surface area (Å²) < 4.78 is 0. The molecule has 148 valence electrons. The Kier molecular flexibility index (Phi) is 8.50. The van der Waals surface area contributed by atoms with Crippen LogP contribution in [0, 0.1) is 11.5 Å². The maximum atomic E-state index is 6.10. The third-order valence-corrected chi connectivity index (χ3v) is 13.1. The molecule has 0 nitrogen and oxygen atoms in total. The number of hydrogen-bond acceptors (Lipinski definition) is 1. The van der Waals surface area contributed by atoms with Gasteiger partial charge in [-0.25, -0.2) is 0 Å². The van der Waals surface area contributed by atoms with Gasteiger partial charge in [0.1, 0.15) is 8.07 Å². The average molecular weight is 427 g/mol. The molecule has 0 radical (unpaired) electrons. The molecule has 0 bridgehead atoms. The summed E-state index contributed by atoms with van der Waals surface area (Å²) in [5.74, 6) is 3.50. The molecular formula is C25H31ClSSi. The normalized spacial score (nSPS) is 12.4. The summed E-state index contributed by atoms with van der Waals surface area (Å²) in [6.07, 6.45) is 2.11. The summed E-state index contributed by atoms with van der Waals surface area (Å²) in [6.45, 7) is 14.1. The second-order valence-corrected chi connectivity index (χ2v) is 15.2. The number of thioether (sulfide) groups is 1. The van der Waals surface area contributed by atoms with Gasteiger partial charge in [0.2, 0.25) is 0 Å². The van der Waals surface area contributed by atoms with Gasteiger partial charge in [-0.15, -0.1) is 5.54 Å². The van der Waals surface area contributed by atoms with E-state index in [1.165, 1.54) is 4.90 Å². The van der Waals surface area contributed by atoms with Crippen molar-refractivity contribution in [3.63, 3.8) is 0 Å². The highest BCUT2D eigenvalue weighted by molar-refractivity contribution is 8.08. The van der Waals surface area contributed by atoms with Crippen molar-refractivity contribution >= 4 is 36.3 Å². The third kappa shape index (κ3) is 5.57. The molecule has 0 amide bonds. The second kappa shape index (κ2) is 10.4. The molecule has 0 spiro atoms. The fraction of sp³-hybridized carbons (Fsp3) is 0.360. The number of halogens is 1. The summed E-state index contributed by atoms with van der Waals surface area (Å²) in [7, 11) is -1.73. The van der Waals surface area contributed by atoms with E-state index in [-0.39, 0.29) is 0 Å². The lowest BCUT2D eigenvalue weighted by atomic mass is 10.2. The van der Waals surface area contributed by atoms with E-state index in [9.17, 15) is 0 Å². The summed E-state index contributed by atoms with van der Waals surface area (Å²) in [6, 6.07) is 18.5. The fourth-order valence-corrected chi connectivity index (χ4v) is 10.3. The minimum atomic E-state index is -1.73. The van der Waals surface area contributed by atoms with Crippen LogP contribution in [-0.4, -0.2) is 8.07 Å². The number of benzene rings is 2. The second-order valence-electron chi connectivity index (χ2n) is 8.10. The summed E-state index contributed by atoms with van der Waals surface area (Å²) in [4.78, 5) is 2.38. The van der Waals surface area contributed by atoms with Crippen LogP contribution >= 0.6 is 23.4 Å². The molecule has 2 aromatic carbocycles. The zero-order valence-electron chi connectivity index (χ0n) is 17.8. The van der Waals surface area contributed by atoms with Gasteiger partial charge in [0, 0.05) is 20.9 Å². The first kappa shape index (κ1) is 22.9. The minimum absolute atomic E-state index is 0.633. The van der Waals surface area contributed by atoms with E-state index in [1.807, 2.05) is 18.2 Å². The lowest BCUT2D eigenvalue weighted by molar-refractivity contribution is 0.838. The van der Waals surface area contributed by atoms with Gasteiger partial charge in [0.15, 0.2) is 0 Å². The molecule has 0 aliphatic rings. The maximum absolute atomic E-state index is 6.10. The van der Waals surface area contributed by atoms with Gasteiger partial charge in [0.25, 0.3) is 0 Å². The van der Waals surface area contributed by atoms with Crippen molar-refractivity contribution in [3.8, 4) is 11.5 Å². The molecule has 0 aliphatic carbocycles. The lowest BCUT2D eigenvalue weighted by Crippen LogP contribution is -2.43. The van der Waals surface area contributed by atoms with E-state index in [2.05, 4.69) is 95.5 Å². The van der Waals surface area contributed by atoms with E-state index < -0.39 is 8.07 Å². The molecule has 0 atom stereocenters. The van der Waals surface area contributed by atoms with Crippen molar-refractivity contribution in [1.82, 2.24) is 0 Å². The van der Waals surface area contributed by atoms with Crippen LogP contribution in [0.25, 0.3) is 4.91 Å². The predicted molar refractivity (Wildman–Crippen MR) is 131 cm³/mol. The van der Waals surface area contributed by atoms with Crippen LogP contribution in [0.1, 0.15) is 47.1 Å². The molecule has 0 saturated heterocycles. The average Bonchev–Trinajstić information content (AvgIpc) is 2.65. The maximum Gasteiger partial charge on any atom is 0.146 e. The fourth-order valence-electron chi connectivity index (χ4n) is 4.06. The van der Waals surface area contributed by atoms with E-state index in [4.69, 9.17) is 11.6 Å². The van der Waals surface area contributed by atoms with Crippen LogP contribution in [0.3, 0.4) is 0 Å². The first-order valence-electron chi connectivity index (χ1n) is 9.99. The van der Waals surface area contributed by atoms with E-state index in [1.54, 1.807) is 11.8 Å². The Morgan fingerprint density at radius 1 is 0.857 bits per heavy atom. The summed E-state index contributed by atoms with van der Waals surface area (Å²) in [5, 5.41) is 0.754. The predicted octanol–water partition coefficient (Wildman–Crippen LogP) is 8.69. The van der Waals surface area contributed by atoms with Crippen LogP contribution in [0.15, 0.2) is 65.6 Å². The molecule has 28 heavy (non-hydrogen) atoms. The zero-order valence-corrected chi connectivity index (χ0v) is 20.4. The smallest absolute Gasteiger partial charge is 0.126 e. The Bertz CT molecular complexity index is 818. The molecule has 0 fully saturated rings. The van der Waals surface area contributed by atoms with E-state index >= 15 is 0 Å². The van der Waals surface area contributed by atoms with E-state index in [0.717, 1.165) is 15.5 Å². The molecule has 0 aromatic heterocycles. The van der Waals surface area contributed by atoms with Gasteiger partial charge in [0.05, 0.1) is 0 Å².